The summed E-state index contributed by atoms with van der Waals surface area (Å²) in [5, 5.41) is 38.2. The first kappa shape index (κ1) is 33.8. The molecule has 2 rings (SSSR count). The second-order valence-corrected chi connectivity index (χ2v) is 9.26. The largest absolute Gasteiger partial charge is 0.481 e. The zero-order valence-electron chi connectivity index (χ0n) is 23.0. The van der Waals surface area contributed by atoms with Crippen molar-refractivity contribution in [2.24, 2.45) is 11.6 Å². The van der Waals surface area contributed by atoms with Gasteiger partial charge in [0.05, 0.1) is 12.4 Å². The molecule has 16 heteroatoms. The zero-order chi connectivity index (χ0) is 31.9. The average Bonchev–Trinajstić information content (AvgIpc) is 2.94. The van der Waals surface area contributed by atoms with Crippen molar-refractivity contribution in [1.82, 2.24) is 10.6 Å². The number of aliphatic carboxylic acids is 3. The summed E-state index contributed by atoms with van der Waals surface area (Å²) in [4.78, 5) is 58.2. The number of allylic oxidation sites excluding steroid dienone is 1. The molecule has 4 amide bonds. The molecule has 2 aromatic carbocycles. The minimum Gasteiger partial charge on any atom is -0.481 e. The molecule has 11 N–H and O–H groups in total. The number of urea groups is 2. The molecule has 2 aromatic rings. The lowest BCUT2D eigenvalue weighted by Crippen LogP contribution is -2.51. The number of alkyl halides is 1. The van der Waals surface area contributed by atoms with Crippen LogP contribution in [0.25, 0.3) is 0 Å². The van der Waals surface area contributed by atoms with Gasteiger partial charge in [-0.2, -0.15) is 0 Å². The number of hydrazine groups is 1. The van der Waals surface area contributed by atoms with Crippen LogP contribution >= 0.6 is 0 Å². The Kier molecular flexibility index (Phi) is 13.2. The Morgan fingerprint density at radius 3 is 1.86 bits per heavy atom. The minimum absolute atomic E-state index is 0.163. The number of nitrogens with zero attached hydrogens (tertiary/aromatic N) is 1. The maximum absolute atomic E-state index is 12.4. The van der Waals surface area contributed by atoms with Crippen LogP contribution in [0.2, 0.25) is 0 Å². The molecule has 0 fully saturated rings. The van der Waals surface area contributed by atoms with Crippen LogP contribution in [0.4, 0.5) is 31.0 Å². The summed E-state index contributed by atoms with van der Waals surface area (Å²) in [5.74, 6) is 1.85. The SMILES string of the molecule is N/C(=C\N(N)c1ccc(NC(=O)Nc2ccc(C[C@H](NC(=O)NC(CCC(=O)O)C(=O)O)C(=O)O)cc2)cc1)CCCF. The van der Waals surface area contributed by atoms with Gasteiger partial charge in [-0.3, -0.25) is 14.2 Å². The van der Waals surface area contributed by atoms with Gasteiger partial charge in [0.1, 0.15) is 12.1 Å². The summed E-state index contributed by atoms with van der Waals surface area (Å²) in [6, 6.07) is 8.06. The van der Waals surface area contributed by atoms with Crippen molar-refractivity contribution in [2.45, 2.75) is 44.2 Å². The van der Waals surface area contributed by atoms with E-state index in [1.807, 2.05) is 0 Å². The van der Waals surface area contributed by atoms with Crippen molar-refractivity contribution >= 4 is 47.0 Å². The van der Waals surface area contributed by atoms with Crippen LogP contribution in [0.3, 0.4) is 0 Å². The number of halogens is 1. The Hall–Kier alpha value is -5.38. The summed E-state index contributed by atoms with van der Waals surface area (Å²) >= 11 is 0. The molecule has 15 nitrogen and oxygen atoms in total. The van der Waals surface area contributed by atoms with Gasteiger partial charge in [-0.1, -0.05) is 12.1 Å². The minimum atomic E-state index is -1.52. The molecule has 0 aliphatic rings. The molecule has 0 radical (unpaired) electrons. The molecule has 0 heterocycles. The highest BCUT2D eigenvalue weighted by atomic mass is 19.1. The fraction of sp³-hybridized carbons (Fsp3) is 0.296. The van der Waals surface area contributed by atoms with E-state index in [1.54, 1.807) is 24.3 Å². The van der Waals surface area contributed by atoms with E-state index in [-0.39, 0.29) is 12.8 Å². The van der Waals surface area contributed by atoms with Gasteiger partial charge in [-0.15, -0.1) is 0 Å². The number of hydrogen-bond donors (Lipinski definition) is 9. The van der Waals surface area contributed by atoms with Gasteiger partial charge in [0.2, 0.25) is 0 Å². The number of hydrogen-bond acceptors (Lipinski definition) is 8. The van der Waals surface area contributed by atoms with Crippen LogP contribution in [0, 0.1) is 0 Å². The molecule has 0 bridgehead atoms. The fourth-order valence-electron chi connectivity index (χ4n) is 3.64. The van der Waals surface area contributed by atoms with Crippen LogP contribution in [0.15, 0.2) is 60.4 Å². The standard InChI is InChI=1S/C27H34FN7O8/c28-13-1-2-17(29)15-35(30)20-9-7-19(8-10-20)32-26(42)31-18-5-3-16(4-6-18)14-22(25(40)41)34-27(43)33-21(24(38)39)11-12-23(36)37/h3-10,15,21-22H,1-2,11-14,29-30H2,(H,36,37)(H,38,39)(H,40,41)(H2,31,32,42)(H2,33,34,43)/b17-15-/t21?,22-/m0/s1. The van der Waals surface area contributed by atoms with Gasteiger partial charge in [-0.05, 0) is 61.2 Å². The van der Waals surface area contributed by atoms with E-state index in [4.69, 9.17) is 21.8 Å². The van der Waals surface area contributed by atoms with Gasteiger partial charge >= 0.3 is 30.0 Å². The Bertz CT molecular complexity index is 1310. The topological polar surface area (TPSA) is 249 Å². The number of amides is 4. The van der Waals surface area contributed by atoms with Crippen molar-refractivity contribution in [3.8, 4) is 0 Å². The van der Waals surface area contributed by atoms with Gasteiger partial charge in [-0.25, -0.2) is 25.0 Å². The number of carbonyl (C=O) groups is 5. The van der Waals surface area contributed by atoms with Crippen molar-refractivity contribution in [1.29, 1.82) is 0 Å². The molecular weight excluding hydrogens is 569 g/mol. The number of carboxylic acid groups (broad SMARTS) is 3. The predicted octanol–water partition coefficient (Wildman–Crippen LogP) is 2.17. The van der Waals surface area contributed by atoms with E-state index in [1.165, 1.54) is 35.5 Å². The Balaban J connectivity index is 1.91. The van der Waals surface area contributed by atoms with Gasteiger partial charge in [0.15, 0.2) is 0 Å². The lowest BCUT2D eigenvalue weighted by Gasteiger charge is -2.18. The molecule has 43 heavy (non-hydrogen) atoms. The van der Waals surface area contributed by atoms with Crippen molar-refractivity contribution in [3.63, 3.8) is 0 Å². The van der Waals surface area contributed by atoms with Crippen LogP contribution in [0.1, 0.15) is 31.2 Å². The quantitative estimate of drug-likeness (QED) is 0.0993. The fourth-order valence-corrected chi connectivity index (χ4v) is 3.64. The highest BCUT2D eigenvalue weighted by Gasteiger charge is 2.25. The highest BCUT2D eigenvalue weighted by Crippen LogP contribution is 2.18. The summed E-state index contributed by atoms with van der Waals surface area (Å²) in [6.45, 7) is -0.480. The van der Waals surface area contributed by atoms with Gasteiger partial charge in [0, 0.05) is 36.1 Å². The number of benzene rings is 2. The molecule has 0 aliphatic carbocycles. The average molecular weight is 604 g/mol. The third-order valence-electron chi connectivity index (χ3n) is 5.83. The first-order valence-corrected chi connectivity index (χ1v) is 13.0. The van der Waals surface area contributed by atoms with Crippen molar-refractivity contribution in [3.05, 3.63) is 66.0 Å². The second kappa shape index (κ2) is 16.8. The smallest absolute Gasteiger partial charge is 0.326 e. The molecule has 0 spiro atoms. The highest BCUT2D eigenvalue weighted by molar-refractivity contribution is 5.99. The summed E-state index contributed by atoms with van der Waals surface area (Å²) < 4.78 is 12.3. The number of carbonyl (C=O) groups excluding carboxylic acids is 2. The molecule has 232 valence electrons. The lowest BCUT2D eigenvalue weighted by molar-refractivity contribution is -0.140. The maximum Gasteiger partial charge on any atom is 0.326 e. The van der Waals surface area contributed by atoms with E-state index >= 15 is 0 Å². The number of nitrogens with two attached hydrogens (primary N) is 2. The number of nitrogens with one attached hydrogen (secondary N) is 4. The van der Waals surface area contributed by atoms with E-state index in [2.05, 4.69) is 21.3 Å². The number of anilines is 3. The third kappa shape index (κ3) is 12.3. The lowest BCUT2D eigenvalue weighted by atomic mass is 10.1. The van der Waals surface area contributed by atoms with Crippen molar-refractivity contribution < 1.29 is 43.7 Å². The van der Waals surface area contributed by atoms with Crippen LogP contribution in [-0.2, 0) is 20.8 Å². The Labute approximate surface area is 245 Å². The second-order valence-electron chi connectivity index (χ2n) is 9.26. The van der Waals surface area contributed by atoms with E-state index in [0.29, 0.717) is 41.2 Å². The first-order valence-electron chi connectivity index (χ1n) is 13.0. The molecule has 0 aromatic heterocycles. The molecule has 0 aliphatic heterocycles. The van der Waals surface area contributed by atoms with E-state index in [9.17, 15) is 33.5 Å². The van der Waals surface area contributed by atoms with Gasteiger partial charge in [0.25, 0.3) is 0 Å². The molecular formula is C27H34FN7O8. The van der Waals surface area contributed by atoms with Crippen LogP contribution in [-0.4, -0.2) is 64.0 Å². The van der Waals surface area contributed by atoms with Crippen LogP contribution < -0.4 is 37.9 Å². The van der Waals surface area contributed by atoms with E-state index in [0.717, 1.165) is 0 Å². The number of rotatable bonds is 16. The summed E-state index contributed by atoms with van der Waals surface area (Å²) in [7, 11) is 0. The molecule has 0 saturated heterocycles. The maximum atomic E-state index is 12.4. The number of carboxylic acids is 3. The first-order chi connectivity index (χ1) is 20.4. The molecule has 0 saturated carbocycles. The Morgan fingerprint density at radius 1 is 0.814 bits per heavy atom. The Morgan fingerprint density at radius 2 is 1.35 bits per heavy atom. The molecule has 1 unspecified atom stereocenters. The molecule has 2 atom stereocenters. The monoisotopic (exact) mass is 603 g/mol. The normalized spacial score (nSPS) is 12.4. The van der Waals surface area contributed by atoms with Crippen LogP contribution in [0.5, 0.6) is 0 Å². The zero-order valence-corrected chi connectivity index (χ0v) is 23.0. The predicted molar refractivity (Wildman–Crippen MR) is 155 cm³/mol. The summed E-state index contributed by atoms with van der Waals surface area (Å²) in [6.07, 6.45) is 1.10. The van der Waals surface area contributed by atoms with Crippen molar-refractivity contribution in [2.75, 3.05) is 22.3 Å². The van der Waals surface area contributed by atoms with E-state index < -0.39 is 55.1 Å². The third-order valence-corrected chi connectivity index (χ3v) is 5.83. The van der Waals surface area contributed by atoms with Gasteiger partial charge < -0.3 is 42.3 Å². The summed E-state index contributed by atoms with van der Waals surface area (Å²) in [5.41, 5.74) is 8.14.